The molecule has 1 nitrogen and oxygen atoms in total. The van der Waals surface area contributed by atoms with Crippen molar-refractivity contribution >= 4 is 0 Å². The molecule has 0 aromatic rings. The summed E-state index contributed by atoms with van der Waals surface area (Å²) in [4.78, 5) is 0. The summed E-state index contributed by atoms with van der Waals surface area (Å²) in [5.74, 6) is 0.0759. The fourth-order valence-corrected chi connectivity index (χ4v) is 3.90. The lowest BCUT2D eigenvalue weighted by atomic mass is 9.70. The molecule has 18 heavy (non-hydrogen) atoms. The average molecular weight is 259 g/mol. The van der Waals surface area contributed by atoms with Gasteiger partial charge in [-0.1, -0.05) is 25.0 Å². The summed E-state index contributed by atoms with van der Waals surface area (Å²) >= 11 is 0. The van der Waals surface area contributed by atoms with Crippen molar-refractivity contribution in [2.75, 3.05) is 0 Å². The predicted molar refractivity (Wildman–Crippen MR) is 64.1 cm³/mol. The minimum atomic E-state index is -4.03. The first-order valence-corrected chi connectivity index (χ1v) is 7.05. The van der Waals surface area contributed by atoms with Crippen molar-refractivity contribution in [3.05, 3.63) is 12.2 Å². The van der Waals surface area contributed by atoms with Crippen molar-refractivity contribution in [2.45, 2.75) is 56.8 Å². The molecule has 3 rings (SSSR count). The average Bonchev–Trinajstić information content (AvgIpc) is 2.67. The number of allylic oxidation sites excluding steroid dienone is 1. The Kier molecular flexibility index (Phi) is 3.16. The maximum atomic E-state index is 13.0. The Morgan fingerprint density at radius 2 is 1.83 bits per heavy atom. The third kappa shape index (κ3) is 2.20. The Balaban J connectivity index is 1.61. The maximum absolute atomic E-state index is 13.0. The Morgan fingerprint density at radius 1 is 1.06 bits per heavy atom. The smallest absolute Gasteiger partial charge is 0.310 e. The van der Waals surface area contributed by atoms with Crippen LogP contribution in [0.15, 0.2) is 12.2 Å². The molecule has 4 heteroatoms. The summed E-state index contributed by atoms with van der Waals surface area (Å²) in [5.41, 5.74) is 0. The van der Waals surface area contributed by atoms with Gasteiger partial charge in [0.05, 0.1) is 5.92 Å². The number of hydrogen-bond donors (Lipinski definition) is 1. The lowest BCUT2D eigenvalue weighted by molar-refractivity contribution is -0.190. The minimum Gasteiger partial charge on any atom is -0.310 e. The molecule has 0 amide bonds. The van der Waals surface area contributed by atoms with Gasteiger partial charge in [0.25, 0.3) is 0 Å². The van der Waals surface area contributed by atoms with Gasteiger partial charge in [0, 0.05) is 12.1 Å². The van der Waals surface area contributed by atoms with Gasteiger partial charge >= 0.3 is 6.18 Å². The standard InChI is InChI=1S/C14H20F3N/c15-14(16,17)11-6-1-2-7-12(11)18-13-8-9-4-3-5-10(9)13/h3,5,9-13,18H,1-2,4,6-8H2. The second kappa shape index (κ2) is 4.55. The van der Waals surface area contributed by atoms with E-state index in [1.807, 2.05) is 0 Å². The summed E-state index contributed by atoms with van der Waals surface area (Å²) in [6.07, 6.45) is 5.15. The highest BCUT2D eigenvalue weighted by molar-refractivity contribution is 5.13. The zero-order valence-corrected chi connectivity index (χ0v) is 10.4. The van der Waals surface area contributed by atoms with Crippen molar-refractivity contribution in [3.63, 3.8) is 0 Å². The SMILES string of the molecule is FC(F)(F)C1CCCCC1NC1CC2CC=CC21. The largest absolute Gasteiger partial charge is 0.393 e. The van der Waals surface area contributed by atoms with E-state index < -0.39 is 12.1 Å². The molecular formula is C14H20F3N. The molecule has 1 N–H and O–H groups in total. The lowest BCUT2D eigenvalue weighted by Gasteiger charge is -2.45. The lowest BCUT2D eigenvalue weighted by Crippen LogP contribution is -2.56. The van der Waals surface area contributed by atoms with E-state index in [0.29, 0.717) is 30.7 Å². The summed E-state index contributed by atoms with van der Waals surface area (Å²) in [6, 6.07) is -0.0552. The molecular weight excluding hydrogens is 239 g/mol. The van der Waals surface area contributed by atoms with Gasteiger partial charge < -0.3 is 5.32 Å². The van der Waals surface area contributed by atoms with Crippen LogP contribution in [0.4, 0.5) is 13.2 Å². The van der Waals surface area contributed by atoms with Crippen molar-refractivity contribution in [3.8, 4) is 0 Å². The van der Waals surface area contributed by atoms with Gasteiger partial charge in [-0.3, -0.25) is 0 Å². The van der Waals surface area contributed by atoms with Gasteiger partial charge in [-0.05, 0) is 37.5 Å². The van der Waals surface area contributed by atoms with Gasteiger partial charge in [0.1, 0.15) is 0 Å². The fraction of sp³-hybridized carbons (Fsp3) is 0.857. The number of nitrogens with one attached hydrogen (secondary N) is 1. The van der Waals surface area contributed by atoms with E-state index in [0.717, 1.165) is 25.7 Å². The van der Waals surface area contributed by atoms with Crippen molar-refractivity contribution in [2.24, 2.45) is 17.8 Å². The van der Waals surface area contributed by atoms with E-state index in [1.165, 1.54) is 0 Å². The number of halogens is 3. The van der Waals surface area contributed by atoms with Crippen LogP contribution in [-0.4, -0.2) is 18.3 Å². The molecule has 0 saturated heterocycles. The zero-order valence-electron chi connectivity index (χ0n) is 10.4. The first-order chi connectivity index (χ1) is 8.55. The normalized spacial score (nSPS) is 43.6. The number of rotatable bonds is 2. The van der Waals surface area contributed by atoms with E-state index >= 15 is 0 Å². The van der Waals surface area contributed by atoms with Crippen LogP contribution in [0.3, 0.4) is 0 Å². The van der Waals surface area contributed by atoms with Gasteiger partial charge in [0.2, 0.25) is 0 Å². The maximum Gasteiger partial charge on any atom is 0.393 e. The first kappa shape index (κ1) is 12.5. The van der Waals surface area contributed by atoms with Crippen LogP contribution < -0.4 is 5.32 Å². The van der Waals surface area contributed by atoms with E-state index in [1.54, 1.807) is 0 Å². The summed E-state index contributed by atoms with van der Waals surface area (Å²) in [6.45, 7) is 0. The van der Waals surface area contributed by atoms with Gasteiger partial charge in [-0.25, -0.2) is 0 Å². The second-order valence-corrected chi connectivity index (χ2v) is 6.05. The third-order valence-corrected chi connectivity index (χ3v) is 4.98. The van der Waals surface area contributed by atoms with Crippen LogP contribution in [0.25, 0.3) is 0 Å². The third-order valence-electron chi connectivity index (χ3n) is 4.98. The molecule has 2 saturated carbocycles. The van der Waals surface area contributed by atoms with Crippen LogP contribution in [-0.2, 0) is 0 Å². The first-order valence-electron chi connectivity index (χ1n) is 7.05. The van der Waals surface area contributed by atoms with Crippen LogP contribution in [0.1, 0.15) is 38.5 Å². The van der Waals surface area contributed by atoms with Crippen molar-refractivity contribution in [1.82, 2.24) is 5.32 Å². The van der Waals surface area contributed by atoms with E-state index in [-0.39, 0.29) is 6.04 Å². The Labute approximate surface area is 106 Å². The molecule has 3 aliphatic rings. The summed E-state index contributed by atoms with van der Waals surface area (Å²) in [5, 5.41) is 3.31. The van der Waals surface area contributed by atoms with Crippen molar-refractivity contribution in [1.29, 1.82) is 0 Å². The van der Waals surface area contributed by atoms with Gasteiger partial charge in [-0.15, -0.1) is 0 Å². The van der Waals surface area contributed by atoms with Crippen LogP contribution in [0.5, 0.6) is 0 Å². The Morgan fingerprint density at radius 3 is 2.56 bits per heavy atom. The molecule has 0 aromatic heterocycles. The molecule has 5 atom stereocenters. The zero-order chi connectivity index (χ0) is 12.8. The molecule has 0 spiro atoms. The monoisotopic (exact) mass is 259 g/mol. The second-order valence-electron chi connectivity index (χ2n) is 6.05. The van der Waals surface area contributed by atoms with E-state index in [2.05, 4.69) is 17.5 Å². The Bertz CT molecular complexity index is 336. The fourth-order valence-electron chi connectivity index (χ4n) is 3.90. The van der Waals surface area contributed by atoms with Crippen LogP contribution in [0, 0.1) is 17.8 Å². The number of alkyl halides is 3. The number of hydrogen-bond acceptors (Lipinski definition) is 1. The highest BCUT2D eigenvalue weighted by Crippen LogP contribution is 2.45. The molecule has 3 aliphatic carbocycles. The quantitative estimate of drug-likeness (QED) is 0.746. The highest BCUT2D eigenvalue weighted by atomic mass is 19.4. The van der Waals surface area contributed by atoms with Gasteiger partial charge in [-0.2, -0.15) is 13.2 Å². The summed E-state index contributed by atoms with van der Waals surface area (Å²) in [7, 11) is 0. The molecule has 0 bridgehead atoms. The van der Waals surface area contributed by atoms with Crippen LogP contribution >= 0.6 is 0 Å². The predicted octanol–water partition coefficient (Wildman–Crippen LogP) is 3.66. The highest BCUT2D eigenvalue weighted by Gasteiger charge is 2.48. The topological polar surface area (TPSA) is 12.0 Å². The van der Waals surface area contributed by atoms with Crippen molar-refractivity contribution < 1.29 is 13.2 Å². The molecule has 102 valence electrons. The number of fused-ring (bicyclic) bond motifs is 1. The molecule has 2 fully saturated rings. The molecule has 0 aliphatic heterocycles. The van der Waals surface area contributed by atoms with Gasteiger partial charge in [0.15, 0.2) is 0 Å². The Hall–Kier alpha value is -0.510. The van der Waals surface area contributed by atoms with Crippen LogP contribution in [0.2, 0.25) is 0 Å². The van der Waals surface area contributed by atoms with E-state index in [9.17, 15) is 13.2 Å². The minimum absolute atomic E-state index is 0.293. The summed E-state index contributed by atoms with van der Waals surface area (Å²) < 4.78 is 38.9. The molecule has 0 aromatic carbocycles. The molecule has 0 heterocycles. The van der Waals surface area contributed by atoms with E-state index in [4.69, 9.17) is 0 Å². The molecule has 5 unspecified atom stereocenters. The molecule has 0 radical (unpaired) electrons.